The highest BCUT2D eigenvalue weighted by Gasteiger charge is 2.19. The molecule has 5 nitrogen and oxygen atoms in total. The van der Waals surface area contributed by atoms with E-state index in [9.17, 15) is 9.59 Å². The van der Waals surface area contributed by atoms with E-state index in [0.717, 1.165) is 47.8 Å². The van der Waals surface area contributed by atoms with Crippen LogP contribution in [-0.4, -0.2) is 29.6 Å². The number of hydrogen-bond acceptors (Lipinski definition) is 3. The molecule has 0 bridgehead atoms. The second-order valence-corrected chi connectivity index (χ2v) is 8.17. The summed E-state index contributed by atoms with van der Waals surface area (Å²) in [5.74, 6) is -0.393. The Labute approximate surface area is 187 Å². The third-order valence-electron chi connectivity index (χ3n) is 5.86. The topological polar surface area (TPSA) is 75.6 Å². The molecule has 0 radical (unpaired) electrons. The summed E-state index contributed by atoms with van der Waals surface area (Å²) in [5.41, 5.74) is 1.47. The van der Waals surface area contributed by atoms with Gasteiger partial charge in [0, 0.05) is 11.4 Å². The smallest absolute Gasteiger partial charge is 0.335 e. The minimum absolute atomic E-state index is 0.118. The molecule has 0 heterocycles. The molecule has 4 rings (SSSR count). The van der Waals surface area contributed by atoms with Crippen LogP contribution in [0.5, 0.6) is 5.75 Å². The molecule has 3 aromatic rings. The summed E-state index contributed by atoms with van der Waals surface area (Å²) >= 11 is 0. The van der Waals surface area contributed by atoms with Crippen LogP contribution in [0.3, 0.4) is 0 Å². The molecule has 32 heavy (non-hydrogen) atoms. The van der Waals surface area contributed by atoms with E-state index in [4.69, 9.17) is 9.84 Å². The van der Waals surface area contributed by atoms with Crippen molar-refractivity contribution in [2.45, 2.75) is 38.1 Å². The standard InChI is InChI=1S/C27H27NO4/c29-26(28-23-9-2-1-3-10-23)22(17-19-13-15-21(16-14-19)27(30)31)18-32-25-12-6-8-20-7-4-5-11-24(20)25/h4-8,11-17,23H,1-3,9-10,18H2,(H,28,29)(H,30,31)/b22-17+. The molecule has 1 fully saturated rings. The predicted molar refractivity (Wildman–Crippen MR) is 126 cm³/mol. The number of carboxylic acids is 1. The number of amides is 1. The Morgan fingerprint density at radius 2 is 1.66 bits per heavy atom. The quantitative estimate of drug-likeness (QED) is 0.490. The SMILES string of the molecule is O=C(NC1CCCCC1)/C(=C/c1ccc(C(=O)O)cc1)COc1cccc2ccccc12. The molecule has 0 spiro atoms. The van der Waals surface area contributed by atoms with E-state index >= 15 is 0 Å². The van der Waals surface area contributed by atoms with Gasteiger partial charge in [0.2, 0.25) is 0 Å². The van der Waals surface area contributed by atoms with E-state index in [1.54, 1.807) is 18.2 Å². The van der Waals surface area contributed by atoms with Gasteiger partial charge in [-0.2, -0.15) is 0 Å². The number of ether oxygens (including phenoxy) is 1. The highest BCUT2D eigenvalue weighted by Crippen LogP contribution is 2.26. The molecule has 5 heteroatoms. The van der Waals surface area contributed by atoms with Crippen molar-refractivity contribution in [3.05, 3.63) is 83.4 Å². The zero-order chi connectivity index (χ0) is 22.3. The van der Waals surface area contributed by atoms with Gasteiger partial charge in [0.05, 0.1) is 11.1 Å². The number of carboxylic acid groups (broad SMARTS) is 1. The predicted octanol–water partition coefficient (Wildman–Crippen LogP) is 5.45. The molecule has 0 aromatic heterocycles. The normalized spacial score (nSPS) is 14.8. The Hall–Kier alpha value is -3.60. The lowest BCUT2D eigenvalue weighted by atomic mass is 9.95. The molecule has 164 valence electrons. The van der Waals surface area contributed by atoms with Crippen molar-refractivity contribution < 1.29 is 19.4 Å². The Bertz CT molecular complexity index is 1120. The van der Waals surface area contributed by atoms with Crippen LogP contribution in [0.25, 0.3) is 16.8 Å². The summed E-state index contributed by atoms with van der Waals surface area (Å²) in [6.07, 6.45) is 7.25. The van der Waals surface area contributed by atoms with Gasteiger partial charge in [-0.15, -0.1) is 0 Å². The fourth-order valence-corrected chi connectivity index (χ4v) is 4.10. The number of carbonyl (C=O) groups is 2. The summed E-state index contributed by atoms with van der Waals surface area (Å²) in [5, 5.41) is 14.4. The molecule has 1 aliphatic rings. The van der Waals surface area contributed by atoms with Crippen molar-refractivity contribution in [3.63, 3.8) is 0 Å². The zero-order valence-corrected chi connectivity index (χ0v) is 17.9. The average Bonchev–Trinajstić information content (AvgIpc) is 2.82. The minimum Gasteiger partial charge on any atom is -0.488 e. The maximum absolute atomic E-state index is 13.1. The number of nitrogens with one attached hydrogen (secondary N) is 1. The van der Waals surface area contributed by atoms with Crippen molar-refractivity contribution in [3.8, 4) is 5.75 Å². The largest absolute Gasteiger partial charge is 0.488 e. The first kappa shape index (κ1) is 21.6. The van der Waals surface area contributed by atoms with Gasteiger partial charge in [-0.25, -0.2) is 4.79 Å². The van der Waals surface area contributed by atoms with E-state index in [-0.39, 0.29) is 24.1 Å². The Balaban J connectivity index is 1.57. The first-order chi connectivity index (χ1) is 15.6. The van der Waals surface area contributed by atoms with Crippen LogP contribution in [0.2, 0.25) is 0 Å². The van der Waals surface area contributed by atoms with Crippen molar-refractivity contribution in [1.82, 2.24) is 5.32 Å². The second kappa shape index (κ2) is 10.1. The third-order valence-corrected chi connectivity index (χ3v) is 5.86. The number of aromatic carboxylic acids is 1. The number of rotatable bonds is 7. The molecular weight excluding hydrogens is 402 g/mol. The fourth-order valence-electron chi connectivity index (χ4n) is 4.10. The lowest BCUT2D eigenvalue weighted by molar-refractivity contribution is -0.118. The zero-order valence-electron chi connectivity index (χ0n) is 17.9. The molecule has 1 saturated carbocycles. The first-order valence-corrected chi connectivity index (χ1v) is 11.1. The number of benzene rings is 3. The molecule has 0 aliphatic heterocycles. The van der Waals surface area contributed by atoms with Crippen LogP contribution >= 0.6 is 0 Å². The van der Waals surface area contributed by atoms with E-state index in [0.29, 0.717) is 5.57 Å². The minimum atomic E-state index is -0.977. The molecule has 1 amide bonds. The van der Waals surface area contributed by atoms with Crippen molar-refractivity contribution in [2.75, 3.05) is 6.61 Å². The van der Waals surface area contributed by atoms with Gasteiger partial charge in [0.25, 0.3) is 5.91 Å². The van der Waals surface area contributed by atoms with Gasteiger partial charge in [-0.05, 0) is 48.1 Å². The molecule has 1 aliphatic carbocycles. The second-order valence-electron chi connectivity index (χ2n) is 8.17. The van der Waals surface area contributed by atoms with Crippen molar-refractivity contribution in [1.29, 1.82) is 0 Å². The van der Waals surface area contributed by atoms with E-state index in [1.165, 1.54) is 18.6 Å². The molecule has 0 saturated heterocycles. The Morgan fingerprint density at radius 1 is 0.938 bits per heavy atom. The van der Waals surface area contributed by atoms with Crippen LogP contribution in [0, 0.1) is 0 Å². The van der Waals surface area contributed by atoms with Crippen LogP contribution in [0.1, 0.15) is 48.0 Å². The number of carbonyl (C=O) groups excluding carboxylic acids is 1. The van der Waals surface area contributed by atoms with Crippen molar-refractivity contribution >= 4 is 28.7 Å². The van der Waals surface area contributed by atoms with Gasteiger partial charge in [0.15, 0.2) is 0 Å². The van der Waals surface area contributed by atoms with Crippen LogP contribution in [0.15, 0.2) is 72.3 Å². The average molecular weight is 430 g/mol. The van der Waals surface area contributed by atoms with Gasteiger partial charge in [-0.1, -0.05) is 67.8 Å². The fraction of sp³-hybridized carbons (Fsp3) is 0.259. The Morgan fingerprint density at radius 3 is 2.41 bits per heavy atom. The van der Waals surface area contributed by atoms with Crippen LogP contribution in [0.4, 0.5) is 0 Å². The maximum atomic E-state index is 13.1. The summed E-state index contributed by atoms with van der Waals surface area (Å²) in [6, 6.07) is 20.5. The third kappa shape index (κ3) is 5.35. The molecule has 0 atom stereocenters. The van der Waals surface area contributed by atoms with Gasteiger partial charge < -0.3 is 15.2 Å². The number of fused-ring (bicyclic) bond motifs is 1. The van der Waals surface area contributed by atoms with Crippen molar-refractivity contribution in [2.24, 2.45) is 0 Å². The highest BCUT2D eigenvalue weighted by molar-refractivity contribution is 5.98. The van der Waals surface area contributed by atoms with E-state index < -0.39 is 5.97 Å². The van der Waals surface area contributed by atoms with Gasteiger partial charge >= 0.3 is 5.97 Å². The summed E-state index contributed by atoms with van der Waals surface area (Å²) < 4.78 is 6.10. The highest BCUT2D eigenvalue weighted by atomic mass is 16.5. The molecule has 0 unspecified atom stereocenters. The van der Waals surface area contributed by atoms with Crippen LogP contribution < -0.4 is 10.1 Å². The van der Waals surface area contributed by atoms with E-state index in [1.807, 2.05) is 42.5 Å². The van der Waals surface area contributed by atoms with Gasteiger partial charge in [0.1, 0.15) is 12.4 Å². The van der Waals surface area contributed by atoms with E-state index in [2.05, 4.69) is 5.32 Å². The molecule has 2 N–H and O–H groups in total. The summed E-state index contributed by atoms with van der Waals surface area (Å²) in [7, 11) is 0. The van der Waals surface area contributed by atoms with Crippen LogP contribution in [-0.2, 0) is 4.79 Å². The number of hydrogen-bond donors (Lipinski definition) is 2. The monoisotopic (exact) mass is 429 g/mol. The first-order valence-electron chi connectivity index (χ1n) is 11.1. The summed E-state index contributed by atoms with van der Waals surface area (Å²) in [4.78, 5) is 24.3. The molecular formula is C27H27NO4. The Kier molecular flexibility index (Phi) is 6.85. The molecule has 3 aromatic carbocycles. The summed E-state index contributed by atoms with van der Waals surface area (Å²) in [6.45, 7) is 0.118. The maximum Gasteiger partial charge on any atom is 0.335 e. The van der Waals surface area contributed by atoms with Gasteiger partial charge in [-0.3, -0.25) is 4.79 Å². The lowest BCUT2D eigenvalue weighted by Crippen LogP contribution is -2.38. The lowest BCUT2D eigenvalue weighted by Gasteiger charge is -2.23.